The van der Waals surface area contributed by atoms with Crippen molar-refractivity contribution in [2.24, 2.45) is 0 Å². The number of carboxylic acid groups (broad SMARTS) is 1. The molecule has 7 heteroatoms. The molecule has 0 saturated heterocycles. The third kappa shape index (κ3) is 1090. The summed E-state index contributed by atoms with van der Waals surface area (Å²) in [4.78, 5) is 8.36. The molecule has 0 heterocycles. The van der Waals surface area contributed by atoms with Crippen LogP contribution in [0.2, 0.25) is 0 Å². The van der Waals surface area contributed by atoms with Crippen molar-refractivity contribution < 1.29 is 56.0 Å². The first-order valence-electron chi connectivity index (χ1n) is 1.27. The second kappa shape index (κ2) is 15.7. The first-order valence-corrected chi connectivity index (χ1v) is 1.27. The molecule has 0 aliphatic heterocycles. The first-order chi connectivity index (χ1) is 3.15. The monoisotopic (exact) mass is 132 g/mol. The largest absolute Gasteiger partial charge is 1.00 e. The molecule has 0 saturated carbocycles. The van der Waals surface area contributed by atoms with Crippen LogP contribution >= 0.6 is 0 Å². The van der Waals surface area contributed by atoms with Crippen LogP contribution in [0.1, 0.15) is 1.43 Å². The maximum absolute atomic E-state index is 8.36. The number of hydrogen-bond acceptors (Lipinski definition) is 4. The van der Waals surface area contributed by atoms with Crippen molar-refractivity contribution in [1.82, 2.24) is 0 Å². The van der Waals surface area contributed by atoms with E-state index in [1.165, 1.54) is 0 Å². The van der Waals surface area contributed by atoms with Crippen LogP contribution in [0.4, 0.5) is 0 Å². The number of hydrogen-bond donors (Lipinski definition) is 4. The molecule has 0 rings (SSSR count). The van der Waals surface area contributed by atoms with Crippen molar-refractivity contribution >= 4 is 13.8 Å². The Morgan fingerprint density at radius 1 is 1.38 bits per heavy atom. The minimum absolute atomic E-state index is 0. The molecule has 44 valence electrons. The molecular formula is CH6BNaO5. The smallest absolute Gasteiger partial charge is 1.00 e. The van der Waals surface area contributed by atoms with Gasteiger partial charge in [0.25, 0.3) is 6.47 Å². The third-order valence-corrected chi connectivity index (χ3v) is 0. The molecule has 0 aliphatic rings. The Bertz CT molecular complexity index is 41.2. The van der Waals surface area contributed by atoms with Gasteiger partial charge in [0.15, 0.2) is 0 Å². The summed E-state index contributed by atoms with van der Waals surface area (Å²) in [6, 6.07) is 0. The Hall–Kier alpha value is 0.415. The average molecular weight is 132 g/mol. The molecule has 0 aromatic rings. The maximum Gasteiger partial charge on any atom is 1.00 e. The van der Waals surface area contributed by atoms with Gasteiger partial charge < -0.3 is 21.6 Å². The number of carbonyl (C=O) groups is 1. The second-order valence-corrected chi connectivity index (χ2v) is 0.452. The van der Waals surface area contributed by atoms with E-state index in [1.54, 1.807) is 0 Å². The number of rotatable bonds is 0. The Balaban J connectivity index is -0.0000000233. The molecule has 0 bridgehead atoms. The molecule has 0 amide bonds. The van der Waals surface area contributed by atoms with Crippen LogP contribution in [0.25, 0.3) is 0 Å². The standard InChI is InChI=1S/CH2O2.BH3O3.Na.H/c2-1-3;2-1(3)4;;/h1H,(H,2,3);2-4H;;/q;;+1;-1. The Morgan fingerprint density at radius 2 is 1.38 bits per heavy atom. The fraction of sp³-hybridized carbons (Fsp3) is 0. The molecule has 8 heavy (non-hydrogen) atoms. The van der Waals surface area contributed by atoms with Crippen LogP contribution in [0.3, 0.4) is 0 Å². The van der Waals surface area contributed by atoms with Crippen molar-refractivity contribution in [3.63, 3.8) is 0 Å². The fourth-order valence-electron chi connectivity index (χ4n) is 0. The predicted octanol–water partition coefficient (Wildman–Crippen LogP) is -5.23. The van der Waals surface area contributed by atoms with Crippen LogP contribution < -0.4 is 29.6 Å². The van der Waals surface area contributed by atoms with E-state index in [4.69, 9.17) is 25.0 Å². The van der Waals surface area contributed by atoms with Crippen molar-refractivity contribution in [3.05, 3.63) is 0 Å². The summed E-state index contributed by atoms with van der Waals surface area (Å²) in [5, 5.41) is 28.4. The minimum Gasteiger partial charge on any atom is -1.00 e. The molecule has 0 radical (unpaired) electrons. The van der Waals surface area contributed by atoms with Crippen LogP contribution in [-0.4, -0.2) is 34.0 Å². The van der Waals surface area contributed by atoms with E-state index in [9.17, 15) is 0 Å². The van der Waals surface area contributed by atoms with Gasteiger partial charge in [-0.05, 0) is 0 Å². The normalized spacial score (nSPS) is 4.88. The zero-order chi connectivity index (χ0) is 6.28. The van der Waals surface area contributed by atoms with Crippen LogP contribution in [-0.2, 0) is 4.79 Å². The van der Waals surface area contributed by atoms with Gasteiger partial charge in [0.1, 0.15) is 0 Å². The fourth-order valence-corrected chi connectivity index (χ4v) is 0. The molecule has 5 nitrogen and oxygen atoms in total. The maximum atomic E-state index is 8.36. The first kappa shape index (κ1) is 15.8. The van der Waals surface area contributed by atoms with E-state index in [-0.39, 0.29) is 37.5 Å². The van der Waals surface area contributed by atoms with Gasteiger partial charge in [-0.2, -0.15) is 0 Å². The molecule has 0 spiro atoms. The van der Waals surface area contributed by atoms with E-state index in [0.717, 1.165) is 0 Å². The summed E-state index contributed by atoms with van der Waals surface area (Å²) in [6.07, 6.45) is 0. The van der Waals surface area contributed by atoms with Gasteiger partial charge >= 0.3 is 36.9 Å². The van der Waals surface area contributed by atoms with Gasteiger partial charge in [0.2, 0.25) is 0 Å². The summed E-state index contributed by atoms with van der Waals surface area (Å²) < 4.78 is 0. The van der Waals surface area contributed by atoms with Gasteiger partial charge in [-0.15, -0.1) is 0 Å². The molecule has 0 atom stereocenters. The molecule has 0 aromatic carbocycles. The minimum atomic E-state index is -2.17. The third-order valence-electron chi connectivity index (χ3n) is 0. The van der Waals surface area contributed by atoms with Crippen LogP contribution in [0, 0.1) is 0 Å². The van der Waals surface area contributed by atoms with Crippen LogP contribution in [0.5, 0.6) is 0 Å². The average Bonchev–Trinajstić information content (AvgIpc) is 1.33. The van der Waals surface area contributed by atoms with E-state index in [1.807, 2.05) is 0 Å². The van der Waals surface area contributed by atoms with Gasteiger partial charge in [0.05, 0.1) is 0 Å². The molecule has 0 aliphatic carbocycles. The van der Waals surface area contributed by atoms with Gasteiger partial charge in [0, 0.05) is 0 Å². The quantitative estimate of drug-likeness (QED) is 0.195. The zero-order valence-electron chi connectivity index (χ0n) is 5.35. The summed E-state index contributed by atoms with van der Waals surface area (Å²) >= 11 is 0. The molecular weight excluding hydrogens is 126 g/mol. The molecule has 0 fully saturated rings. The Kier molecular flexibility index (Phi) is 30.9. The molecule has 4 N–H and O–H groups in total. The summed E-state index contributed by atoms with van der Waals surface area (Å²) in [5.74, 6) is 0. The van der Waals surface area contributed by atoms with Gasteiger partial charge in [-0.25, -0.2) is 0 Å². The molecule has 0 aromatic heterocycles. The Morgan fingerprint density at radius 3 is 1.38 bits per heavy atom. The molecule has 0 unspecified atom stereocenters. The van der Waals surface area contributed by atoms with E-state index >= 15 is 0 Å². The van der Waals surface area contributed by atoms with Crippen molar-refractivity contribution in [1.29, 1.82) is 0 Å². The van der Waals surface area contributed by atoms with E-state index < -0.39 is 7.32 Å². The SMILES string of the molecule is O=CO.OB(O)O.[H-].[Na+]. The second-order valence-electron chi connectivity index (χ2n) is 0.452. The summed E-state index contributed by atoms with van der Waals surface area (Å²) in [5.41, 5.74) is 0. The van der Waals surface area contributed by atoms with Crippen molar-refractivity contribution in [2.45, 2.75) is 0 Å². The van der Waals surface area contributed by atoms with E-state index in [2.05, 4.69) is 0 Å². The Labute approximate surface area is 69.9 Å². The zero-order valence-corrected chi connectivity index (χ0v) is 6.35. The topological polar surface area (TPSA) is 98.0 Å². The summed E-state index contributed by atoms with van der Waals surface area (Å²) in [7, 11) is -2.17. The van der Waals surface area contributed by atoms with Gasteiger partial charge in [-0.1, -0.05) is 0 Å². The predicted molar refractivity (Wildman–Crippen MR) is 22.2 cm³/mol. The van der Waals surface area contributed by atoms with Crippen LogP contribution in [0.15, 0.2) is 0 Å². The summed E-state index contributed by atoms with van der Waals surface area (Å²) in [6.45, 7) is -0.250. The van der Waals surface area contributed by atoms with E-state index in [0.29, 0.717) is 0 Å². The van der Waals surface area contributed by atoms with Gasteiger partial charge in [-0.3, -0.25) is 4.79 Å². The van der Waals surface area contributed by atoms with Crippen molar-refractivity contribution in [2.75, 3.05) is 0 Å². The van der Waals surface area contributed by atoms with Crippen molar-refractivity contribution in [3.8, 4) is 0 Å².